The largest absolute Gasteiger partial charge is 0.444 e. The highest BCUT2D eigenvalue weighted by Gasteiger charge is 2.28. The van der Waals surface area contributed by atoms with E-state index in [1.807, 2.05) is 74.2 Å². The maximum Gasteiger partial charge on any atom is 0.410 e. The number of nitrogens with one attached hydrogen (secondary N) is 1. The van der Waals surface area contributed by atoms with Gasteiger partial charge in [-0.2, -0.15) is 0 Å². The third-order valence-corrected chi connectivity index (χ3v) is 5.57. The number of piperidine rings is 1. The summed E-state index contributed by atoms with van der Waals surface area (Å²) in [6.45, 7) is 6.86. The third-order valence-electron chi connectivity index (χ3n) is 4.85. The molecule has 0 aliphatic carbocycles. The summed E-state index contributed by atoms with van der Waals surface area (Å²) in [5.41, 5.74) is 0.928. The summed E-state index contributed by atoms with van der Waals surface area (Å²) in [5.74, 6) is -0.122. The van der Waals surface area contributed by atoms with E-state index in [-0.39, 0.29) is 18.0 Å². The number of anilines is 1. The predicted molar refractivity (Wildman–Crippen MR) is 117 cm³/mol. The van der Waals surface area contributed by atoms with Crippen LogP contribution in [0.3, 0.4) is 0 Å². The van der Waals surface area contributed by atoms with Crippen LogP contribution < -0.4 is 5.32 Å². The molecule has 2 amide bonds. The number of benzene rings is 1. The third kappa shape index (κ3) is 5.56. The highest BCUT2D eigenvalue weighted by molar-refractivity contribution is 7.98. The van der Waals surface area contributed by atoms with Gasteiger partial charge in [0, 0.05) is 35.9 Å². The summed E-state index contributed by atoms with van der Waals surface area (Å²) < 4.78 is 7.49. The molecule has 1 fully saturated rings. The number of carbonyl (C=O) groups excluding carboxylic acids is 2. The Kier molecular flexibility index (Phi) is 6.57. The molecular weight excluding hydrogens is 386 g/mol. The SMILES string of the molecule is CSc1cccc(NC(=O)c2cccn2C2CCN(C(=O)OC(C)(C)C)CC2)c1. The molecule has 1 aromatic heterocycles. The van der Waals surface area contributed by atoms with Gasteiger partial charge in [0.2, 0.25) is 0 Å². The molecule has 0 saturated carbocycles. The van der Waals surface area contributed by atoms with Gasteiger partial charge in [-0.25, -0.2) is 4.79 Å². The van der Waals surface area contributed by atoms with E-state index in [1.165, 1.54) is 0 Å². The molecule has 1 aliphatic heterocycles. The van der Waals surface area contributed by atoms with Crippen molar-refractivity contribution in [2.45, 2.75) is 50.2 Å². The van der Waals surface area contributed by atoms with Crippen LogP contribution in [0.15, 0.2) is 47.5 Å². The van der Waals surface area contributed by atoms with E-state index >= 15 is 0 Å². The van der Waals surface area contributed by atoms with Crippen LogP contribution in [0.5, 0.6) is 0 Å². The number of hydrogen-bond donors (Lipinski definition) is 1. The van der Waals surface area contributed by atoms with Gasteiger partial charge in [-0.1, -0.05) is 6.07 Å². The van der Waals surface area contributed by atoms with Crippen LogP contribution in [-0.2, 0) is 4.74 Å². The lowest BCUT2D eigenvalue weighted by atomic mass is 10.0. The molecule has 7 heteroatoms. The van der Waals surface area contributed by atoms with E-state index in [2.05, 4.69) is 5.32 Å². The maximum absolute atomic E-state index is 12.8. The van der Waals surface area contributed by atoms with Crippen LogP contribution in [0.2, 0.25) is 0 Å². The number of amides is 2. The van der Waals surface area contributed by atoms with Gasteiger partial charge in [-0.3, -0.25) is 4.79 Å². The fourth-order valence-corrected chi connectivity index (χ4v) is 3.91. The van der Waals surface area contributed by atoms with Crippen molar-refractivity contribution in [2.75, 3.05) is 24.7 Å². The zero-order valence-electron chi connectivity index (χ0n) is 17.5. The minimum atomic E-state index is -0.493. The number of nitrogens with zero attached hydrogens (tertiary/aromatic N) is 2. The van der Waals surface area contributed by atoms with E-state index < -0.39 is 5.60 Å². The maximum atomic E-state index is 12.8. The molecule has 1 saturated heterocycles. The zero-order valence-corrected chi connectivity index (χ0v) is 18.3. The first-order chi connectivity index (χ1) is 13.8. The van der Waals surface area contributed by atoms with Crippen molar-refractivity contribution in [3.63, 3.8) is 0 Å². The van der Waals surface area contributed by atoms with Crippen LogP contribution in [0.1, 0.15) is 50.1 Å². The van der Waals surface area contributed by atoms with Crippen molar-refractivity contribution in [3.05, 3.63) is 48.3 Å². The fraction of sp³-hybridized carbons (Fsp3) is 0.455. The molecule has 156 valence electrons. The monoisotopic (exact) mass is 415 g/mol. The second-order valence-electron chi connectivity index (χ2n) is 8.19. The summed E-state index contributed by atoms with van der Waals surface area (Å²) in [4.78, 5) is 28.0. The molecule has 0 atom stereocenters. The van der Waals surface area contributed by atoms with Gasteiger partial charge in [0.25, 0.3) is 5.91 Å². The van der Waals surface area contributed by atoms with Gasteiger partial charge in [0.05, 0.1) is 0 Å². The summed E-state index contributed by atoms with van der Waals surface area (Å²) in [6, 6.07) is 11.7. The van der Waals surface area contributed by atoms with E-state index in [0.717, 1.165) is 23.4 Å². The van der Waals surface area contributed by atoms with Crippen molar-refractivity contribution in [1.82, 2.24) is 9.47 Å². The summed E-state index contributed by atoms with van der Waals surface area (Å²) in [6.07, 6.45) is 5.26. The topological polar surface area (TPSA) is 63.6 Å². The normalized spacial score (nSPS) is 15.2. The molecule has 0 radical (unpaired) electrons. The van der Waals surface area contributed by atoms with Gasteiger partial charge in [0.1, 0.15) is 11.3 Å². The van der Waals surface area contributed by atoms with E-state index in [4.69, 9.17) is 4.74 Å². The average Bonchev–Trinajstić information content (AvgIpc) is 3.17. The molecule has 29 heavy (non-hydrogen) atoms. The number of aromatic nitrogens is 1. The smallest absolute Gasteiger partial charge is 0.410 e. The number of hydrogen-bond acceptors (Lipinski definition) is 4. The molecule has 1 aliphatic rings. The van der Waals surface area contributed by atoms with Gasteiger partial charge < -0.3 is 19.5 Å². The highest BCUT2D eigenvalue weighted by atomic mass is 32.2. The minimum absolute atomic E-state index is 0.122. The fourth-order valence-electron chi connectivity index (χ4n) is 3.45. The average molecular weight is 416 g/mol. The number of ether oxygens (including phenoxy) is 1. The molecule has 6 nitrogen and oxygen atoms in total. The number of rotatable bonds is 4. The Labute approximate surface area is 176 Å². The molecular formula is C22H29N3O3S. The molecule has 0 unspecified atom stereocenters. The van der Waals surface area contributed by atoms with Gasteiger partial charge in [-0.15, -0.1) is 11.8 Å². The van der Waals surface area contributed by atoms with Crippen molar-refractivity contribution in [1.29, 1.82) is 0 Å². The lowest BCUT2D eigenvalue weighted by Crippen LogP contribution is -2.42. The molecule has 1 aromatic carbocycles. The second kappa shape index (κ2) is 8.95. The van der Waals surface area contributed by atoms with E-state index in [0.29, 0.717) is 18.8 Å². The highest BCUT2D eigenvalue weighted by Crippen LogP contribution is 2.26. The first-order valence-electron chi connectivity index (χ1n) is 9.87. The molecule has 2 aromatic rings. The first kappa shape index (κ1) is 21.3. The summed E-state index contributed by atoms with van der Waals surface area (Å²) in [5, 5.41) is 2.99. The van der Waals surface area contributed by atoms with Gasteiger partial charge in [-0.05, 0) is 70.2 Å². The Hall–Kier alpha value is -2.41. The predicted octanol–water partition coefficient (Wildman–Crippen LogP) is 5.03. The lowest BCUT2D eigenvalue weighted by molar-refractivity contribution is 0.0187. The van der Waals surface area contributed by atoms with Gasteiger partial charge >= 0.3 is 6.09 Å². The van der Waals surface area contributed by atoms with Crippen LogP contribution in [0.25, 0.3) is 0 Å². The molecule has 0 bridgehead atoms. The Bertz CT molecular complexity index is 864. The van der Waals surface area contributed by atoms with Crippen molar-refractivity contribution in [2.24, 2.45) is 0 Å². The Morgan fingerprint density at radius 2 is 1.86 bits per heavy atom. The summed E-state index contributed by atoms with van der Waals surface area (Å²) in [7, 11) is 0. The Morgan fingerprint density at radius 1 is 1.14 bits per heavy atom. The second-order valence-corrected chi connectivity index (χ2v) is 9.06. The van der Waals surface area contributed by atoms with Crippen molar-refractivity contribution >= 4 is 29.4 Å². The number of thioether (sulfide) groups is 1. The summed E-state index contributed by atoms with van der Waals surface area (Å²) >= 11 is 1.64. The zero-order chi connectivity index (χ0) is 21.0. The number of carbonyl (C=O) groups is 2. The van der Waals surface area contributed by atoms with E-state index in [9.17, 15) is 9.59 Å². The van der Waals surface area contributed by atoms with Crippen LogP contribution in [0.4, 0.5) is 10.5 Å². The standard InChI is InChI=1S/C22H29N3O3S/c1-22(2,3)28-21(27)24-13-10-17(11-14-24)25-12-6-9-19(25)20(26)23-16-7-5-8-18(15-16)29-4/h5-9,12,15,17H,10-11,13-14H2,1-4H3,(H,23,26). The quantitative estimate of drug-likeness (QED) is 0.711. The molecule has 3 rings (SSSR count). The Morgan fingerprint density at radius 3 is 2.52 bits per heavy atom. The van der Waals surface area contributed by atoms with E-state index in [1.54, 1.807) is 16.7 Å². The van der Waals surface area contributed by atoms with Crippen molar-refractivity contribution < 1.29 is 14.3 Å². The lowest BCUT2D eigenvalue weighted by Gasteiger charge is -2.34. The van der Waals surface area contributed by atoms with Crippen LogP contribution in [0, 0.1) is 0 Å². The molecule has 2 heterocycles. The first-order valence-corrected chi connectivity index (χ1v) is 11.1. The minimum Gasteiger partial charge on any atom is -0.444 e. The Balaban J connectivity index is 1.63. The molecule has 0 spiro atoms. The molecule has 1 N–H and O–H groups in total. The van der Waals surface area contributed by atoms with Crippen LogP contribution in [-0.4, -0.2) is 46.4 Å². The van der Waals surface area contributed by atoms with Crippen molar-refractivity contribution in [3.8, 4) is 0 Å². The van der Waals surface area contributed by atoms with Gasteiger partial charge in [0.15, 0.2) is 0 Å². The van der Waals surface area contributed by atoms with Crippen LogP contribution >= 0.6 is 11.8 Å². The number of likely N-dealkylation sites (tertiary alicyclic amines) is 1.